The van der Waals surface area contributed by atoms with Crippen LogP contribution >= 0.6 is 46.4 Å². The minimum atomic E-state index is -0.584. The summed E-state index contributed by atoms with van der Waals surface area (Å²) in [6.45, 7) is 4.15. The molecule has 0 radical (unpaired) electrons. The Kier molecular flexibility index (Phi) is 9.31. The van der Waals surface area contributed by atoms with Crippen molar-refractivity contribution in [3.05, 3.63) is 90.9 Å². The molecule has 0 saturated heterocycles. The fourth-order valence-corrected chi connectivity index (χ4v) is 3.96. The van der Waals surface area contributed by atoms with Crippen LogP contribution < -0.4 is 14.8 Å². The molecule has 0 saturated carbocycles. The molecule has 0 bridgehead atoms. The van der Waals surface area contributed by atoms with E-state index in [2.05, 4.69) is 5.32 Å². The lowest BCUT2D eigenvalue weighted by Gasteiger charge is -2.15. The van der Waals surface area contributed by atoms with Crippen molar-refractivity contribution in [3.8, 4) is 17.6 Å². The summed E-state index contributed by atoms with van der Waals surface area (Å²) in [6.07, 6.45) is 1.42. The van der Waals surface area contributed by atoms with Crippen molar-refractivity contribution in [2.24, 2.45) is 0 Å². The second kappa shape index (κ2) is 12.2. The molecule has 9 heteroatoms. The summed E-state index contributed by atoms with van der Waals surface area (Å²) in [5.74, 6) is 0.0903. The van der Waals surface area contributed by atoms with Crippen LogP contribution in [0.2, 0.25) is 20.1 Å². The molecule has 3 rings (SSSR count). The highest BCUT2D eigenvalue weighted by Gasteiger charge is 2.16. The molecule has 0 spiro atoms. The number of nitrogens with zero attached hydrogens (tertiary/aromatic N) is 1. The average Bonchev–Trinajstić information content (AvgIpc) is 2.80. The van der Waals surface area contributed by atoms with Crippen LogP contribution in [0.15, 0.2) is 54.1 Å². The van der Waals surface area contributed by atoms with Gasteiger partial charge in [-0.05, 0) is 67.4 Å². The Hall–Kier alpha value is -2.88. The topological polar surface area (TPSA) is 71.3 Å². The summed E-state index contributed by atoms with van der Waals surface area (Å²) in [4.78, 5) is 12.7. The smallest absolute Gasteiger partial charge is 0.266 e. The van der Waals surface area contributed by atoms with Gasteiger partial charge in [0.25, 0.3) is 5.91 Å². The molecule has 0 heterocycles. The predicted molar refractivity (Wildman–Crippen MR) is 142 cm³/mol. The zero-order valence-electron chi connectivity index (χ0n) is 18.8. The largest absolute Gasteiger partial charge is 0.490 e. The molecule has 0 unspecified atom stereocenters. The standard InChI is InChI=1S/C26H20Cl4N2O3/c1-3-34-24-10-16(8-18(13-31)26(33)32-20-7-4-15(2)21(28)12-20)9-23(30)25(24)35-14-17-5-6-19(27)11-22(17)29/h4-12H,3,14H2,1-2H3,(H,32,33)/b18-8-. The third-order valence-electron chi connectivity index (χ3n) is 4.82. The van der Waals surface area contributed by atoms with E-state index in [1.807, 2.05) is 19.9 Å². The van der Waals surface area contributed by atoms with E-state index in [9.17, 15) is 10.1 Å². The lowest BCUT2D eigenvalue weighted by atomic mass is 10.1. The van der Waals surface area contributed by atoms with Crippen LogP contribution in [-0.4, -0.2) is 12.5 Å². The van der Waals surface area contributed by atoms with Crippen LogP contribution in [0.25, 0.3) is 6.08 Å². The van der Waals surface area contributed by atoms with E-state index < -0.39 is 5.91 Å². The number of aryl methyl sites for hydroxylation is 1. The van der Waals surface area contributed by atoms with Gasteiger partial charge < -0.3 is 14.8 Å². The molecule has 1 N–H and O–H groups in total. The van der Waals surface area contributed by atoms with Gasteiger partial charge in [-0.1, -0.05) is 58.5 Å². The van der Waals surface area contributed by atoms with Gasteiger partial charge in [0, 0.05) is 26.3 Å². The molecule has 0 fully saturated rings. The van der Waals surface area contributed by atoms with Crippen LogP contribution in [0.1, 0.15) is 23.6 Å². The number of halogens is 4. The van der Waals surface area contributed by atoms with Gasteiger partial charge in [0.2, 0.25) is 0 Å². The van der Waals surface area contributed by atoms with Crippen molar-refractivity contribution in [2.45, 2.75) is 20.5 Å². The Morgan fingerprint density at radius 3 is 2.43 bits per heavy atom. The number of nitriles is 1. The first kappa shape index (κ1) is 26.7. The highest BCUT2D eigenvalue weighted by molar-refractivity contribution is 6.35. The van der Waals surface area contributed by atoms with E-state index in [0.29, 0.717) is 44.4 Å². The molecule has 180 valence electrons. The number of hydrogen-bond acceptors (Lipinski definition) is 4. The number of carbonyl (C=O) groups excluding carboxylic acids is 1. The summed E-state index contributed by atoms with van der Waals surface area (Å²) in [6, 6.07) is 15.3. The minimum Gasteiger partial charge on any atom is -0.490 e. The normalized spacial score (nSPS) is 11.1. The Bertz CT molecular complexity index is 1330. The lowest BCUT2D eigenvalue weighted by molar-refractivity contribution is -0.112. The summed E-state index contributed by atoms with van der Waals surface area (Å²) in [5, 5.41) is 14.0. The third-order valence-corrected chi connectivity index (χ3v) is 6.10. The van der Waals surface area contributed by atoms with Crippen LogP contribution in [0.3, 0.4) is 0 Å². The van der Waals surface area contributed by atoms with Crippen molar-refractivity contribution in [3.63, 3.8) is 0 Å². The lowest BCUT2D eigenvalue weighted by Crippen LogP contribution is -2.13. The van der Waals surface area contributed by atoms with E-state index in [1.54, 1.807) is 48.5 Å². The van der Waals surface area contributed by atoms with Gasteiger partial charge in [-0.3, -0.25) is 4.79 Å². The minimum absolute atomic E-state index is 0.123. The highest BCUT2D eigenvalue weighted by atomic mass is 35.5. The monoisotopic (exact) mass is 548 g/mol. The van der Waals surface area contributed by atoms with Crippen molar-refractivity contribution >= 4 is 64.1 Å². The number of amides is 1. The molecule has 0 aliphatic carbocycles. The van der Waals surface area contributed by atoms with Crippen LogP contribution in [0, 0.1) is 18.3 Å². The zero-order chi connectivity index (χ0) is 25.5. The number of anilines is 1. The molecular weight excluding hydrogens is 530 g/mol. The van der Waals surface area contributed by atoms with Gasteiger partial charge >= 0.3 is 0 Å². The van der Waals surface area contributed by atoms with Crippen molar-refractivity contribution in [1.29, 1.82) is 5.26 Å². The number of benzene rings is 3. The van der Waals surface area contributed by atoms with E-state index in [4.69, 9.17) is 55.9 Å². The second-order valence-corrected chi connectivity index (χ2v) is 9.03. The first-order valence-corrected chi connectivity index (χ1v) is 11.9. The molecule has 0 aliphatic heterocycles. The van der Waals surface area contributed by atoms with Gasteiger partial charge in [-0.15, -0.1) is 0 Å². The van der Waals surface area contributed by atoms with Crippen LogP contribution in [-0.2, 0) is 11.4 Å². The Morgan fingerprint density at radius 2 is 1.77 bits per heavy atom. The number of nitrogens with one attached hydrogen (secondary N) is 1. The molecule has 0 aromatic heterocycles. The third kappa shape index (κ3) is 7.06. The molecule has 0 atom stereocenters. The fourth-order valence-electron chi connectivity index (χ4n) is 3.05. The van der Waals surface area contributed by atoms with Gasteiger partial charge in [0.05, 0.1) is 11.6 Å². The number of rotatable bonds is 8. The summed E-state index contributed by atoms with van der Waals surface area (Å²) in [7, 11) is 0. The van der Waals surface area contributed by atoms with Crippen molar-refractivity contribution < 1.29 is 14.3 Å². The quantitative estimate of drug-likeness (QED) is 0.227. The Morgan fingerprint density at radius 1 is 1.00 bits per heavy atom. The van der Waals surface area contributed by atoms with Gasteiger partial charge in [0.1, 0.15) is 18.2 Å². The zero-order valence-corrected chi connectivity index (χ0v) is 21.8. The summed E-state index contributed by atoms with van der Waals surface area (Å²) in [5.41, 5.74) is 2.44. The van der Waals surface area contributed by atoms with E-state index in [1.165, 1.54) is 6.08 Å². The van der Waals surface area contributed by atoms with Gasteiger partial charge in [-0.2, -0.15) is 5.26 Å². The fraction of sp³-hybridized carbons (Fsp3) is 0.154. The average molecular weight is 550 g/mol. The molecule has 35 heavy (non-hydrogen) atoms. The number of hydrogen-bond donors (Lipinski definition) is 1. The number of ether oxygens (including phenoxy) is 2. The van der Waals surface area contributed by atoms with Crippen molar-refractivity contribution in [1.82, 2.24) is 0 Å². The molecule has 5 nitrogen and oxygen atoms in total. The maximum absolute atomic E-state index is 12.7. The van der Waals surface area contributed by atoms with Crippen molar-refractivity contribution in [2.75, 3.05) is 11.9 Å². The first-order valence-electron chi connectivity index (χ1n) is 10.4. The van der Waals surface area contributed by atoms with Gasteiger partial charge in [-0.25, -0.2) is 0 Å². The van der Waals surface area contributed by atoms with E-state index in [-0.39, 0.29) is 17.2 Å². The summed E-state index contributed by atoms with van der Waals surface area (Å²) >= 11 is 24.8. The summed E-state index contributed by atoms with van der Waals surface area (Å²) < 4.78 is 11.6. The number of carbonyl (C=O) groups is 1. The molecule has 1 amide bonds. The van der Waals surface area contributed by atoms with Crippen LogP contribution in [0.5, 0.6) is 11.5 Å². The predicted octanol–water partition coefficient (Wildman–Crippen LogP) is 8.13. The van der Waals surface area contributed by atoms with Gasteiger partial charge in [0.15, 0.2) is 11.5 Å². The Balaban J connectivity index is 1.85. The molecule has 3 aromatic rings. The maximum Gasteiger partial charge on any atom is 0.266 e. The van der Waals surface area contributed by atoms with E-state index >= 15 is 0 Å². The SMILES string of the molecule is CCOc1cc(/C=C(/C#N)C(=O)Nc2ccc(C)c(Cl)c2)cc(Cl)c1OCc1ccc(Cl)cc1Cl. The van der Waals surface area contributed by atoms with Crippen LogP contribution in [0.4, 0.5) is 5.69 Å². The van der Waals surface area contributed by atoms with E-state index in [0.717, 1.165) is 11.1 Å². The molecular formula is C26H20Cl4N2O3. The first-order chi connectivity index (χ1) is 16.7. The molecule has 3 aromatic carbocycles. The molecule has 0 aliphatic rings. The Labute approximate surface area is 223 Å². The highest BCUT2D eigenvalue weighted by Crippen LogP contribution is 2.38. The second-order valence-electron chi connectivity index (χ2n) is 7.38. The maximum atomic E-state index is 12.7.